The van der Waals surface area contributed by atoms with E-state index in [4.69, 9.17) is 10.00 Å². The summed E-state index contributed by atoms with van der Waals surface area (Å²) in [7, 11) is 2.16. The number of carbonyl (C=O) groups excluding carboxylic acids is 1. The summed E-state index contributed by atoms with van der Waals surface area (Å²) in [5.41, 5.74) is 2.25. The standard InChI is InChI=1S/C23H26N4O2/c1-26-9-7-19(14-29-15-20-5-3-8-25-13-20)11-23(26)16-27(17-23)22(28)21-6-2-4-18(10-21)12-24/h2-6,8,10,13,19H,7,9,11,14-17H2,1H3. The second-order valence-corrected chi connectivity index (χ2v) is 8.23. The fourth-order valence-electron chi connectivity index (χ4n) is 4.46. The number of pyridine rings is 1. The Bertz CT molecular complexity index is 903. The maximum atomic E-state index is 12.8. The van der Waals surface area contributed by atoms with E-state index in [-0.39, 0.29) is 11.4 Å². The summed E-state index contributed by atoms with van der Waals surface area (Å²) < 4.78 is 5.96. The molecule has 0 radical (unpaired) electrons. The third kappa shape index (κ3) is 4.16. The Morgan fingerprint density at radius 1 is 1.34 bits per heavy atom. The molecule has 6 nitrogen and oxygen atoms in total. The van der Waals surface area contributed by atoms with Gasteiger partial charge in [0, 0.05) is 37.7 Å². The second-order valence-electron chi connectivity index (χ2n) is 8.23. The first-order valence-electron chi connectivity index (χ1n) is 10.1. The number of benzene rings is 1. The van der Waals surface area contributed by atoms with Crippen LogP contribution in [-0.4, -0.2) is 59.5 Å². The SMILES string of the molecule is CN1CCC(COCc2cccnc2)CC12CN(C(=O)c1cccc(C#N)c1)C2. The average Bonchev–Trinajstić information content (AvgIpc) is 2.73. The minimum absolute atomic E-state index is 0.0103. The van der Waals surface area contributed by atoms with Gasteiger partial charge in [0.1, 0.15) is 0 Å². The van der Waals surface area contributed by atoms with Crippen molar-refractivity contribution in [3.63, 3.8) is 0 Å². The van der Waals surface area contributed by atoms with E-state index in [9.17, 15) is 4.79 Å². The Balaban J connectivity index is 1.32. The Kier molecular flexibility index (Phi) is 5.61. The zero-order valence-electron chi connectivity index (χ0n) is 16.8. The van der Waals surface area contributed by atoms with Crippen LogP contribution in [-0.2, 0) is 11.3 Å². The highest BCUT2D eigenvalue weighted by Crippen LogP contribution is 2.39. The summed E-state index contributed by atoms with van der Waals surface area (Å²) in [5.74, 6) is 0.512. The second kappa shape index (κ2) is 8.32. The summed E-state index contributed by atoms with van der Waals surface area (Å²) in [6.07, 6.45) is 5.76. The van der Waals surface area contributed by atoms with Gasteiger partial charge in [0.05, 0.1) is 23.8 Å². The lowest BCUT2D eigenvalue weighted by molar-refractivity contribution is -0.0768. The van der Waals surface area contributed by atoms with Crippen molar-refractivity contribution in [2.45, 2.75) is 25.0 Å². The molecule has 1 amide bonds. The summed E-state index contributed by atoms with van der Waals surface area (Å²) in [4.78, 5) is 21.2. The van der Waals surface area contributed by atoms with E-state index >= 15 is 0 Å². The number of hydrogen-bond acceptors (Lipinski definition) is 5. The lowest BCUT2D eigenvalue weighted by atomic mass is 9.75. The van der Waals surface area contributed by atoms with Crippen LogP contribution in [0.5, 0.6) is 0 Å². The van der Waals surface area contributed by atoms with Crippen molar-refractivity contribution >= 4 is 5.91 Å². The van der Waals surface area contributed by atoms with Crippen LogP contribution < -0.4 is 0 Å². The normalized spacial score (nSPS) is 20.8. The van der Waals surface area contributed by atoms with Crippen LogP contribution in [0.3, 0.4) is 0 Å². The fraction of sp³-hybridized carbons (Fsp3) is 0.435. The van der Waals surface area contributed by atoms with Gasteiger partial charge in [-0.2, -0.15) is 5.26 Å². The molecule has 29 heavy (non-hydrogen) atoms. The summed E-state index contributed by atoms with van der Waals surface area (Å²) in [5, 5.41) is 9.06. The number of aromatic nitrogens is 1. The number of rotatable bonds is 5. The van der Waals surface area contributed by atoms with Gasteiger partial charge < -0.3 is 9.64 Å². The average molecular weight is 390 g/mol. The van der Waals surface area contributed by atoms with Gasteiger partial charge in [0.15, 0.2) is 0 Å². The molecule has 4 rings (SSSR count). The van der Waals surface area contributed by atoms with Crippen molar-refractivity contribution in [2.24, 2.45) is 5.92 Å². The third-order valence-corrected chi connectivity index (χ3v) is 6.19. The van der Waals surface area contributed by atoms with E-state index in [0.717, 1.165) is 44.6 Å². The number of hydrogen-bond donors (Lipinski definition) is 0. The first-order chi connectivity index (χ1) is 14.1. The molecule has 2 aliphatic rings. The molecule has 0 bridgehead atoms. The van der Waals surface area contributed by atoms with Crippen LogP contribution in [0.2, 0.25) is 0 Å². The van der Waals surface area contributed by atoms with Gasteiger partial charge in [-0.25, -0.2) is 0 Å². The molecule has 3 heterocycles. The zero-order valence-corrected chi connectivity index (χ0v) is 16.8. The van der Waals surface area contributed by atoms with Gasteiger partial charge in [-0.3, -0.25) is 14.7 Å². The van der Waals surface area contributed by atoms with Crippen molar-refractivity contribution in [3.05, 3.63) is 65.5 Å². The monoisotopic (exact) mass is 390 g/mol. The molecular weight excluding hydrogens is 364 g/mol. The molecule has 150 valence electrons. The van der Waals surface area contributed by atoms with Crippen molar-refractivity contribution in [1.29, 1.82) is 5.26 Å². The highest BCUT2D eigenvalue weighted by Gasteiger charge is 2.50. The Morgan fingerprint density at radius 3 is 2.97 bits per heavy atom. The van der Waals surface area contributed by atoms with E-state index in [1.807, 2.05) is 23.2 Å². The van der Waals surface area contributed by atoms with Gasteiger partial charge in [-0.05, 0) is 62.2 Å². The molecule has 0 saturated carbocycles. The predicted molar refractivity (Wildman–Crippen MR) is 109 cm³/mol. The Hall–Kier alpha value is -2.75. The molecule has 1 unspecified atom stereocenters. The number of amides is 1. The van der Waals surface area contributed by atoms with Crippen LogP contribution in [0.25, 0.3) is 0 Å². The van der Waals surface area contributed by atoms with Crippen LogP contribution in [0, 0.1) is 17.2 Å². The molecule has 1 atom stereocenters. The number of piperidine rings is 1. The Morgan fingerprint density at radius 2 is 2.21 bits per heavy atom. The molecule has 2 saturated heterocycles. The zero-order chi connectivity index (χ0) is 20.3. The number of nitriles is 1. The lowest BCUT2D eigenvalue weighted by Crippen LogP contribution is -2.72. The molecule has 1 aromatic heterocycles. The van der Waals surface area contributed by atoms with E-state index in [2.05, 4.69) is 23.0 Å². The van der Waals surface area contributed by atoms with Gasteiger partial charge in [-0.1, -0.05) is 12.1 Å². The smallest absolute Gasteiger partial charge is 0.254 e. The number of ether oxygens (including phenoxy) is 1. The Labute approximate surface area is 171 Å². The quantitative estimate of drug-likeness (QED) is 0.785. The van der Waals surface area contributed by atoms with Crippen LogP contribution in [0.15, 0.2) is 48.8 Å². The minimum atomic E-state index is 0.0103. The first-order valence-corrected chi connectivity index (χ1v) is 10.1. The maximum absolute atomic E-state index is 12.8. The summed E-state index contributed by atoms with van der Waals surface area (Å²) >= 11 is 0. The summed E-state index contributed by atoms with van der Waals surface area (Å²) in [6, 6.07) is 13.0. The molecule has 2 aromatic rings. The van der Waals surface area contributed by atoms with Gasteiger partial charge in [0.25, 0.3) is 5.91 Å². The van der Waals surface area contributed by atoms with Gasteiger partial charge in [0.2, 0.25) is 0 Å². The predicted octanol–water partition coefficient (Wildman–Crippen LogP) is 2.71. The molecule has 1 aromatic carbocycles. The molecule has 6 heteroatoms. The first kappa shape index (κ1) is 19.6. The van der Waals surface area contributed by atoms with Gasteiger partial charge >= 0.3 is 0 Å². The van der Waals surface area contributed by atoms with Crippen molar-refractivity contribution in [2.75, 3.05) is 33.3 Å². The van der Waals surface area contributed by atoms with Crippen LogP contribution >= 0.6 is 0 Å². The van der Waals surface area contributed by atoms with E-state index in [0.29, 0.717) is 23.7 Å². The number of likely N-dealkylation sites (tertiary alicyclic amines) is 2. The molecular formula is C23H26N4O2. The molecule has 2 fully saturated rings. The lowest BCUT2D eigenvalue weighted by Gasteiger charge is -2.58. The molecule has 2 aliphatic heterocycles. The highest BCUT2D eigenvalue weighted by atomic mass is 16.5. The number of carbonyl (C=O) groups is 1. The molecule has 0 N–H and O–H groups in total. The maximum Gasteiger partial charge on any atom is 0.254 e. The fourth-order valence-corrected chi connectivity index (χ4v) is 4.46. The minimum Gasteiger partial charge on any atom is -0.376 e. The van der Waals surface area contributed by atoms with Crippen LogP contribution in [0.1, 0.15) is 34.3 Å². The highest BCUT2D eigenvalue weighted by molar-refractivity contribution is 5.95. The molecule has 0 aliphatic carbocycles. The third-order valence-electron chi connectivity index (χ3n) is 6.19. The van der Waals surface area contributed by atoms with Crippen LogP contribution in [0.4, 0.5) is 0 Å². The topological polar surface area (TPSA) is 69.5 Å². The number of nitrogens with zero attached hydrogens (tertiary/aromatic N) is 4. The van der Waals surface area contributed by atoms with Crippen molar-refractivity contribution in [1.82, 2.24) is 14.8 Å². The summed E-state index contributed by atoms with van der Waals surface area (Å²) in [6.45, 7) is 3.82. The van der Waals surface area contributed by atoms with E-state index in [1.54, 1.807) is 30.5 Å². The molecule has 1 spiro atoms. The number of likely N-dealkylation sites (N-methyl/N-ethyl adjacent to an activating group) is 1. The van der Waals surface area contributed by atoms with Crippen molar-refractivity contribution < 1.29 is 9.53 Å². The van der Waals surface area contributed by atoms with Crippen molar-refractivity contribution in [3.8, 4) is 6.07 Å². The largest absolute Gasteiger partial charge is 0.376 e. The van der Waals surface area contributed by atoms with E-state index in [1.165, 1.54) is 0 Å². The van der Waals surface area contributed by atoms with Gasteiger partial charge in [-0.15, -0.1) is 0 Å². The van der Waals surface area contributed by atoms with E-state index < -0.39 is 0 Å².